The van der Waals surface area contributed by atoms with Crippen LogP contribution in [0.1, 0.15) is 12.5 Å². The van der Waals surface area contributed by atoms with Crippen molar-refractivity contribution in [1.29, 1.82) is 0 Å². The van der Waals surface area contributed by atoms with Gasteiger partial charge < -0.3 is 23.8 Å². The van der Waals surface area contributed by atoms with Gasteiger partial charge in [0.25, 0.3) is 5.91 Å². The molecular formula is C28H28N2O7. The minimum atomic E-state index is -0.657. The first-order valence-electron chi connectivity index (χ1n) is 11.9. The number of anilines is 1. The molecule has 0 spiro atoms. The van der Waals surface area contributed by atoms with Crippen molar-refractivity contribution in [3.8, 4) is 17.2 Å². The molecule has 4 rings (SSSR count). The van der Waals surface area contributed by atoms with Gasteiger partial charge in [0.1, 0.15) is 30.4 Å². The Morgan fingerprint density at radius 2 is 1.68 bits per heavy atom. The molecule has 9 nitrogen and oxygen atoms in total. The average Bonchev–Trinajstić information content (AvgIpc) is 2.91. The van der Waals surface area contributed by atoms with Gasteiger partial charge in [0.15, 0.2) is 6.61 Å². The van der Waals surface area contributed by atoms with Crippen molar-refractivity contribution < 1.29 is 33.3 Å². The van der Waals surface area contributed by atoms with Gasteiger partial charge in [-0.05, 0) is 48.9 Å². The lowest BCUT2D eigenvalue weighted by molar-refractivity contribution is -0.144. The Hall–Kier alpha value is -4.53. The Bertz CT molecular complexity index is 1210. The highest BCUT2D eigenvalue weighted by molar-refractivity contribution is 5.97. The van der Waals surface area contributed by atoms with Gasteiger partial charge in [0.2, 0.25) is 0 Å². The Labute approximate surface area is 215 Å². The molecule has 0 N–H and O–H groups in total. The summed E-state index contributed by atoms with van der Waals surface area (Å²) in [6, 6.07) is 23.2. The Balaban J connectivity index is 1.35. The van der Waals surface area contributed by atoms with Crippen LogP contribution in [0.5, 0.6) is 17.2 Å². The fourth-order valence-electron chi connectivity index (χ4n) is 3.77. The standard InChI is InChI=1S/C28H28N2O7/c1-2-34-27(32)19-29(28(33)37-23-8-4-3-5-9-23)18-21-12-14-22(15-13-21)35-17-16-30-24-10-6-7-11-25(24)36-20-26(30)31/h3-15H,2,16-20H2,1H3. The lowest BCUT2D eigenvalue weighted by Gasteiger charge is -2.29. The van der Waals surface area contributed by atoms with E-state index in [-0.39, 0.29) is 38.8 Å². The first-order valence-corrected chi connectivity index (χ1v) is 11.9. The van der Waals surface area contributed by atoms with Crippen LogP contribution in [-0.4, -0.2) is 55.8 Å². The summed E-state index contributed by atoms with van der Waals surface area (Å²) in [5.41, 5.74) is 1.50. The van der Waals surface area contributed by atoms with Gasteiger partial charge in [-0.25, -0.2) is 4.79 Å². The monoisotopic (exact) mass is 504 g/mol. The largest absolute Gasteiger partial charge is 0.492 e. The quantitative estimate of drug-likeness (QED) is 0.385. The summed E-state index contributed by atoms with van der Waals surface area (Å²) in [7, 11) is 0. The Kier molecular flexibility index (Phi) is 8.59. The van der Waals surface area contributed by atoms with Crippen molar-refractivity contribution in [2.75, 3.05) is 37.8 Å². The highest BCUT2D eigenvalue weighted by Gasteiger charge is 2.25. The molecule has 2 amide bonds. The molecule has 0 bridgehead atoms. The van der Waals surface area contributed by atoms with Crippen LogP contribution in [0.4, 0.5) is 10.5 Å². The second-order valence-electron chi connectivity index (χ2n) is 8.14. The summed E-state index contributed by atoms with van der Waals surface area (Å²) in [5.74, 6) is 1.02. The molecule has 192 valence electrons. The third kappa shape index (κ3) is 7.00. The molecule has 0 fully saturated rings. The number of benzene rings is 3. The molecule has 1 aliphatic rings. The van der Waals surface area contributed by atoms with Gasteiger partial charge in [0, 0.05) is 6.54 Å². The van der Waals surface area contributed by atoms with Gasteiger partial charge in [-0.1, -0.05) is 42.5 Å². The summed E-state index contributed by atoms with van der Waals surface area (Å²) in [5, 5.41) is 0. The SMILES string of the molecule is CCOC(=O)CN(Cc1ccc(OCCN2C(=O)COc3ccccc32)cc1)C(=O)Oc1ccccc1. The molecule has 0 atom stereocenters. The van der Waals surface area contributed by atoms with Crippen molar-refractivity contribution in [1.82, 2.24) is 4.90 Å². The maximum Gasteiger partial charge on any atom is 0.416 e. The van der Waals surface area contributed by atoms with Gasteiger partial charge in [-0.2, -0.15) is 0 Å². The normalized spacial score (nSPS) is 12.2. The number of hydrogen-bond acceptors (Lipinski definition) is 7. The molecule has 1 heterocycles. The lowest BCUT2D eigenvalue weighted by Crippen LogP contribution is -2.41. The zero-order chi connectivity index (χ0) is 26.0. The predicted molar refractivity (Wildman–Crippen MR) is 136 cm³/mol. The predicted octanol–water partition coefficient (Wildman–Crippen LogP) is 4.06. The van der Waals surface area contributed by atoms with Crippen LogP contribution in [0.3, 0.4) is 0 Å². The van der Waals surface area contributed by atoms with Crippen molar-refractivity contribution in [2.24, 2.45) is 0 Å². The number of nitrogens with zero attached hydrogens (tertiary/aromatic N) is 2. The van der Waals surface area contributed by atoms with E-state index in [2.05, 4.69) is 0 Å². The zero-order valence-electron chi connectivity index (χ0n) is 20.5. The Morgan fingerprint density at radius 1 is 0.946 bits per heavy atom. The van der Waals surface area contributed by atoms with Crippen LogP contribution in [0, 0.1) is 0 Å². The Morgan fingerprint density at radius 3 is 2.43 bits per heavy atom. The van der Waals surface area contributed by atoms with Gasteiger partial charge in [-0.3, -0.25) is 14.5 Å². The molecular weight excluding hydrogens is 476 g/mol. The number of hydrogen-bond donors (Lipinski definition) is 0. The van der Waals surface area contributed by atoms with Crippen LogP contribution >= 0.6 is 0 Å². The maximum absolute atomic E-state index is 12.8. The molecule has 0 unspecified atom stereocenters. The summed E-state index contributed by atoms with van der Waals surface area (Å²) in [4.78, 5) is 40.1. The van der Waals surface area contributed by atoms with Crippen LogP contribution in [-0.2, 0) is 20.9 Å². The molecule has 0 aromatic heterocycles. The first-order chi connectivity index (χ1) is 18.0. The average molecular weight is 505 g/mol. The van der Waals surface area contributed by atoms with Crippen LogP contribution < -0.4 is 19.1 Å². The number of rotatable bonds is 10. The molecule has 3 aromatic carbocycles. The van der Waals surface area contributed by atoms with Gasteiger partial charge >= 0.3 is 12.1 Å². The number of esters is 1. The van der Waals surface area contributed by atoms with E-state index in [1.54, 1.807) is 60.4 Å². The van der Waals surface area contributed by atoms with E-state index >= 15 is 0 Å². The lowest BCUT2D eigenvalue weighted by atomic mass is 10.2. The van der Waals surface area contributed by atoms with Crippen molar-refractivity contribution >= 4 is 23.7 Å². The first kappa shape index (κ1) is 25.6. The van der Waals surface area contributed by atoms with Crippen LogP contribution in [0.15, 0.2) is 78.9 Å². The number of carbonyl (C=O) groups excluding carboxylic acids is 3. The summed E-state index contributed by atoms with van der Waals surface area (Å²) >= 11 is 0. The molecule has 0 radical (unpaired) electrons. The third-order valence-corrected chi connectivity index (χ3v) is 5.52. The minimum absolute atomic E-state index is 0.000710. The number of para-hydroxylation sites is 3. The van der Waals surface area contributed by atoms with E-state index in [0.29, 0.717) is 23.8 Å². The molecule has 0 saturated carbocycles. The third-order valence-electron chi connectivity index (χ3n) is 5.52. The topological polar surface area (TPSA) is 94.6 Å². The van der Waals surface area contributed by atoms with Gasteiger partial charge in [-0.15, -0.1) is 0 Å². The minimum Gasteiger partial charge on any atom is -0.492 e. The van der Waals surface area contributed by atoms with E-state index in [1.807, 2.05) is 30.3 Å². The molecule has 3 aromatic rings. The van der Waals surface area contributed by atoms with Crippen LogP contribution in [0.2, 0.25) is 0 Å². The molecule has 1 aliphatic heterocycles. The fourth-order valence-corrected chi connectivity index (χ4v) is 3.77. The number of amides is 2. The second kappa shape index (κ2) is 12.4. The van der Waals surface area contributed by atoms with Crippen molar-refractivity contribution in [3.63, 3.8) is 0 Å². The molecule has 37 heavy (non-hydrogen) atoms. The zero-order valence-corrected chi connectivity index (χ0v) is 20.5. The number of ether oxygens (including phenoxy) is 4. The smallest absolute Gasteiger partial charge is 0.416 e. The van der Waals surface area contributed by atoms with E-state index in [1.165, 1.54) is 4.90 Å². The maximum atomic E-state index is 12.8. The number of carbonyl (C=O) groups is 3. The van der Waals surface area contributed by atoms with Gasteiger partial charge in [0.05, 0.1) is 18.8 Å². The second-order valence-corrected chi connectivity index (χ2v) is 8.14. The van der Waals surface area contributed by atoms with E-state index < -0.39 is 12.1 Å². The molecule has 0 aliphatic carbocycles. The van der Waals surface area contributed by atoms with Crippen molar-refractivity contribution in [2.45, 2.75) is 13.5 Å². The molecule has 0 saturated heterocycles. The van der Waals surface area contributed by atoms with Crippen LogP contribution in [0.25, 0.3) is 0 Å². The van der Waals surface area contributed by atoms with E-state index in [4.69, 9.17) is 18.9 Å². The highest BCUT2D eigenvalue weighted by atomic mass is 16.6. The fraction of sp³-hybridized carbons (Fsp3) is 0.250. The van der Waals surface area contributed by atoms with E-state index in [0.717, 1.165) is 11.3 Å². The van der Waals surface area contributed by atoms with Crippen molar-refractivity contribution in [3.05, 3.63) is 84.4 Å². The number of fused-ring (bicyclic) bond motifs is 1. The summed E-state index contributed by atoms with van der Waals surface area (Å²) in [6.07, 6.45) is -0.657. The molecule has 9 heteroatoms. The summed E-state index contributed by atoms with van der Waals surface area (Å²) < 4.78 is 21.7. The summed E-state index contributed by atoms with van der Waals surface area (Å²) in [6.45, 7) is 2.49. The van der Waals surface area contributed by atoms with E-state index in [9.17, 15) is 14.4 Å². The highest BCUT2D eigenvalue weighted by Crippen LogP contribution is 2.31.